The number of nitrogens with one attached hydrogen (secondary N) is 1. The number of amides is 1. The molecule has 0 aromatic heterocycles. The fourth-order valence-corrected chi connectivity index (χ4v) is 1.96. The topological polar surface area (TPSA) is 108 Å². The molecule has 4 N–H and O–H groups in total. The first-order valence-electron chi connectivity index (χ1n) is 5.58. The summed E-state index contributed by atoms with van der Waals surface area (Å²) in [5.41, 5.74) is 0. The van der Waals surface area contributed by atoms with Crippen LogP contribution in [0.5, 0.6) is 0 Å². The minimum absolute atomic E-state index is 0.307. The Balaban J connectivity index is 2.76. The molecule has 3 unspecified atom stereocenters. The molecule has 1 fully saturated rings. The van der Waals surface area contributed by atoms with Gasteiger partial charge in [0.25, 0.3) is 0 Å². The average molecular weight is 328 g/mol. The summed E-state index contributed by atoms with van der Waals surface area (Å²) in [6.45, 7) is 1.15. The summed E-state index contributed by atoms with van der Waals surface area (Å²) in [6.07, 6.45) is -4.40. The predicted molar refractivity (Wildman–Crippen MR) is 65.1 cm³/mol. The smallest absolute Gasteiger partial charge is 0.217 e. The fraction of sp³-hybridized carbons (Fsp3) is 0.900. The van der Waals surface area contributed by atoms with Crippen LogP contribution >= 0.6 is 15.9 Å². The van der Waals surface area contributed by atoms with Crippen LogP contribution in [0, 0.1) is 0 Å². The lowest BCUT2D eigenvalue weighted by Crippen LogP contribution is -2.64. The maximum atomic E-state index is 11.1. The molecule has 0 aromatic carbocycles. The van der Waals surface area contributed by atoms with Gasteiger partial charge in [0.15, 0.2) is 6.29 Å². The van der Waals surface area contributed by atoms with E-state index in [1.54, 1.807) is 0 Å². The molecule has 1 aliphatic rings. The van der Waals surface area contributed by atoms with Gasteiger partial charge in [0.2, 0.25) is 5.91 Å². The number of rotatable bonds is 5. The zero-order valence-corrected chi connectivity index (χ0v) is 11.5. The maximum absolute atomic E-state index is 11.1. The number of aliphatic hydroxyl groups is 3. The van der Waals surface area contributed by atoms with Crippen molar-refractivity contribution in [2.75, 3.05) is 18.5 Å². The first-order valence-corrected chi connectivity index (χ1v) is 6.70. The summed E-state index contributed by atoms with van der Waals surface area (Å²) in [7, 11) is 0. The number of hydrogen-bond acceptors (Lipinski definition) is 6. The Hall–Kier alpha value is -0.250. The van der Waals surface area contributed by atoms with E-state index >= 15 is 0 Å². The maximum Gasteiger partial charge on any atom is 0.217 e. The number of aliphatic hydroxyl groups excluding tert-OH is 3. The van der Waals surface area contributed by atoms with Crippen LogP contribution in [-0.2, 0) is 14.3 Å². The fourth-order valence-electron chi connectivity index (χ4n) is 1.77. The number of ether oxygens (including phenoxy) is 2. The van der Waals surface area contributed by atoms with Gasteiger partial charge in [-0.1, -0.05) is 15.9 Å². The third-order valence-electron chi connectivity index (χ3n) is 2.61. The molecule has 1 saturated heterocycles. The van der Waals surface area contributed by atoms with Gasteiger partial charge in [-0.3, -0.25) is 4.79 Å². The highest BCUT2D eigenvalue weighted by Gasteiger charge is 2.45. The molecule has 0 aromatic rings. The van der Waals surface area contributed by atoms with E-state index < -0.39 is 37.3 Å². The average Bonchev–Trinajstić information content (AvgIpc) is 2.33. The zero-order valence-electron chi connectivity index (χ0n) is 9.95. The van der Waals surface area contributed by atoms with Gasteiger partial charge in [0.1, 0.15) is 24.4 Å². The molecular formula is C10H18BrNO6. The van der Waals surface area contributed by atoms with Gasteiger partial charge >= 0.3 is 0 Å². The van der Waals surface area contributed by atoms with Crippen molar-refractivity contribution in [3.05, 3.63) is 0 Å². The molecule has 7 nitrogen and oxygen atoms in total. The van der Waals surface area contributed by atoms with Crippen molar-refractivity contribution in [1.82, 2.24) is 5.32 Å². The molecule has 0 radical (unpaired) electrons. The van der Waals surface area contributed by atoms with Crippen LogP contribution in [0.2, 0.25) is 0 Å². The monoisotopic (exact) mass is 327 g/mol. The number of hydrogen-bond donors (Lipinski definition) is 4. The number of carbonyl (C=O) groups excluding carboxylic acids is 1. The highest BCUT2D eigenvalue weighted by atomic mass is 79.9. The van der Waals surface area contributed by atoms with Crippen LogP contribution in [0.4, 0.5) is 0 Å². The lowest BCUT2D eigenvalue weighted by atomic mass is 9.97. The van der Waals surface area contributed by atoms with Gasteiger partial charge in [-0.05, 0) is 0 Å². The summed E-state index contributed by atoms with van der Waals surface area (Å²) in [5, 5.41) is 31.7. The molecule has 8 heteroatoms. The predicted octanol–water partition coefficient (Wildman–Crippen LogP) is -1.66. The normalized spacial score (nSPS) is 36.4. The Morgan fingerprint density at radius 2 is 2.11 bits per heavy atom. The van der Waals surface area contributed by atoms with Crippen LogP contribution in [0.1, 0.15) is 6.92 Å². The Kier molecular flexibility index (Phi) is 6.47. The van der Waals surface area contributed by atoms with Crippen molar-refractivity contribution in [3.63, 3.8) is 0 Å². The molecule has 1 amide bonds. The van der Waals surface area contributed by atoms with E-state index in [1.165, 1.54) is 6.92 Å². The molecule has 0 spiro atoms. The lowest BCUT2D eigenvalue weighted by Gasteiger charge is -2.42. The van der Waals surface area contributed by atoms with Crippen LogP contribution in [-0.4, -0.2) is 70.4 Å². The summed E-state index contributed by atoms with van der Waals surface area (Å²) in [5.74, 6) is -0.371. The Bertz CT molecular complexity index is 279. The number of carbonyl (C=O) groups is 1. The van der Waals surface area contributed by atoms with Crippen LogP contribution < -0.4 is 5.32 Å². The van der Waals surface area contributed by atoms with E-state index in [4.69, 9.17) is 14.6 Å². The molecule has 1 aliphatic heterocycles. The minimum Gasteiger partial charge on any atom is -0.394 e. The van der Waals surface area contributed by atoms with E-state index in [2.05, 4.69) is 21.2 Å². The van der Waals surface area contributed by atoms with Gasteiger partial charge in [-0.25, -0.2) is 0 Å². The molecule has 0 bridgehead atoms. The summed E-state index contributed by atoms with van der Waals surface area (Å²) >= 11 is 3.18. The van der Waals surface area contributed by atoms with E-state index in [1.807, 2.05) is 0 Å². The Morgan fingerprint density at radius 1 is 1.44 bits per heavy atom. The highest BCUT2D eigenvalue weighted by molar-refractivity contribution is 9.09. The number of alkyl halides is 1. The summed E-state index contributed by atoms with van der Waals surface area (Å²) < 4.78 is 10.6. The third kappa shape index (κ3) is 3.87. The quantitative estimate of drug-likeness (QED) is 0.450. The Morgan fingerprint density at radius 3 is 2.61 bits per heavy atom. The van der Waals surface area contributed by atoms with E-state index in [9.17, 15) is 15.0 Å². The molecular weight excluding hydrogens is 310 g/mol. The summed E-state index contributed by atoms with van der Waals surface area (Å²) in [6, 6.07) is -0.876. The Labute approximate surface area is 113 Å². The van der Waals surface area contributed by atoms with Gasteiger partial charge in [0, 0.05) is 12.3 Å². The molecule has 1 rings (SSSR count). The zero-order chi connectivity index (χ0) is 13.7. The van der Waals surface area contributed by atoms with Crippen LogP contribution in [0.25, 0.3) is 0 Å². The van der Waals surface area contributed by atoms with Gasteiger partial charge in [0.05, 0.1) is 13.2 Å². The largest absolute Gasteiger partial charge is 0.394 e. The minimum atomic E-state index is -1.28. The third-order valence-corrected chi connectivity index (χ3v) is 2.93. The van der Waals surface area contributed by atoms with Crippen molar-refractivity contribution in [2.24, 2.45) is 0 Å². The van der Waals surface area contributed by atoms with Crippen molar-refractivity contribution in [3.8, 4) is 0 Å². The molecule has 0 aliphatic carbocycles. The lowest BCUT2D eigenvalue weighted by molar-refractivity contribution is -0.268. The summed E-state index contributed by atoms with van der Waals surface area (Å²) in [4.78, 5) is 11.1. The first-order chi connectivity index (χ1) is 8.51. The van der Waals surface area contributed by atoms with E-state index in [0.717, 1.165) is 0 Å². The van der Waals surface area contributed by atoms with Gasteiger partial charge in [-0.2, -0.15) is 0 Å². The van der Waals surface area contributed by atoms with Crippen LogP contribution in [0.15, 0.2) is 0 Å². The van der Waals surface area contributed by atoms with Crippen molar-refractivity contribution < 1.29 is 29.6 Å². The van der Waals surface area contributed by atoms with E-state index in [0.29, 0.717) is 11.9 Å². The molecule has 5 atom stereocenters. The molecule has 106 valence electrons. The van der Waals surface area contributed by atoms with Gasteiger partial charge in [-0.15, -0.1) is 0 Å². The van der Waals surface area contributed by atoms with Crippen molar-refractivity contribution >= 4 is 21.8 Å². The van der Waals surface area contributed by atoms with Crippen molar-refractivity contribution in [2.45, 2.75) is 37.6 Å². The van der Waals surface area contributed by atoms with Gasteiger partial charge < -0.3 is 30.1 Å². The standard InChI is InChI=1S/C10H18BrNO6/c1-5(14)12-7-9(16)8(15)6(4-13)18-10(7)17-3-2-11/h6-10,13,15-16H,2-4H2,1H3,(H,12,14)/t6?,7?,8-,9?,10-/m1/s1. The second-order valence-corrected chi connectivity index (χ2v) is 4.79. The number of halogens is 1. The van der Waals surface area contributed by atoms with E-state index in [-0.39, 0.29) is 5.91 Å². The molecule has 0 saturated carbocycles. The first kappa shape index (κ1) is 15.8. The van der Waals surface area contributed by atoms with Crippen molar-refractivity contribution in [1.29, 1.82) is 0 Å². The van der Waals surface area contributed by atoms with Crippen LogP contribution in [0.3, 0.4) is 0 Å². The molecule has 1 heterocycles. The SMILES string of the molecule is CC(=O)NC1C(O)[C@H](O)C(CO)O[C@H]1OCCBr. The molecule has 18 heavy (non-hydrogen) atoms. The second kappa shape index (κ2) is 7.37. The second-order valence-electron chi connectivity index (χ2n) is 3.99. The highest BCUT2D eigenvalue weighted by Crippen LogP contribution is 2.22.